The van der Waals surface area contributed by atoms with Gasteiger partial charge in [0.25, 0.3) is 5.91 Å². The minimum absolute atomic E-state index is 0.0449. The minimum atomic E-state index is -0.226. The minimum Gasteiger partial charge on any atom is -0.482 e. The molecule has 4 rings (SSSR count). The molecule has 2 aliphatic rings. The van der Waals surface area contributed by atoms with Crippen LogP contribution < -0.4 is 15.0 Å². The van der Waals surface area contributed by atoms with E-state index in [1.165, 1.54) is 11.3 Å². The predicted octanol–water partition coefficient (Wildman–Crippen LogP) is 2.31. The highest BCUT2D eigenvalue weighted by atomic mass is 16.5. The first-order chi connectivity index (χ1) is 13.1. The van der Waals surface area contributed by atoms with Crippen LogP contribution >= 0.6 is 0 Å². The number of benzene rings is 1. The van der Waals surface area contributed by atoms with Crippen molar-refractivity contribution >= 4 is 23.3 Å². The van der Waals surface area contributed by atoms with Crippen molar-refractivity contribution in [3.63, 3.8) is 0 Å². The van der Waals surface area contributed by atoms with E-state index in [-0.39, 0.29) is 18.5 Å². The topological polar surface area (TPSA) is 90.6 Å². The summed E-state index contributed by atoms with van der Waals surface area (Å²) in [5, 5.41) is 10.3. The quantitative estimate of drug-likeness (QED) is 0.865. The highest BCUT2D eigenvalue weighted by Gasteiger charge is 2.25. The molecule has 0 saturated heterocycles. The lowest BCUT2D eigenvalue weighted by Gasteiger charge is -2.29. The van der Waals surface area contributed by atoms with Crippen LogP contribution in [0, 0.1) is 0 Å². The van der Waals surface area contributed by atoms with Gasteiger partial charge in [-0.3, -0.25) is 9.89 Å². The number of nitrogens with zero attached hydrogens (tertiary/aromatic N) is 3. The normalized spacial score (nSPS) is 15.2. The number of rotatable bonds is 4. The Morgan fingerprint density at radius 3 is 3.07 bits per heavy atom. The van der Waals surface area contributed by atoms with Gasteiger partial charge in [-0.2, -0.15) is 5.10 Å². The Bertz CT molecular complexity index is 891. The molecule has 0 atom stereocenters. The number of anilines is 2. The number of fused-ring (bicyclic) bond motifs is 2. The van der Waals surface area contributed by atoms with E-state index >= 15 is 0 Å². The van der Waals surface area contributed by atoms with Crippen LogP contribution in [-0.4, -0.2) is 47.2 Å². The third kappa shape index (κ3) is 3.22. The van der Waals surface area contributed by atoms with E-state index in [2.05, 4.69) is 15.5 Å². The first kappa shape index (κ1) is 17.4. The summed E-state index contributed by atoms with van der Waals surface area (Å²) in [4.78, 5) is 27.8. The van der Waals surface area contributed by atoms with E-state index < -0.39 is 0 Å². The number of H-pyrrole nitrogens is 1. The third-order valence-electron chi connectivity index (χ3n) is 5.10. The number of carbonyl (C=O) groups excluding carboxylic acids is 2. The van der Waals surface area contributed by atoms with E-state index in [9.17, 15) is 9.59 Å². The fourth-order valence-corrected chi connectivity index (χ4v) is 3.66. The second-order valence-electron chi connectivity index (χ2n) is 6.88. The Labute approximate surface area is 157 Å². The predicted molar refractivity (Wildman–Crippen MR) is 101 cm³/mol. The molecule has 0 bridgehead atoms. The van der Waals surface area contributed by atoms with Crippen LogP contribution in [0.5, 0.6) is 5.75 Å². The van der Waals surface area contributed by atoms with Crippen molar-refractivity contribution in [3.05, 3.63) is 35.2 Å². The molecule has 2 heterocycles. The van der Waals surface area contributed by atoms with Crippen molar-refractivity contribution in [2.45, 2.75) is 32.7 Å². The Morgan fingerprint density at radius 1 is 1.41 bits per heavy atom. The summed E-state index contributed by atoms with van der Waals surface area (Å²) in [5.41, 5.74) is 4.67. The lowest BCUT2D eigenvalue weighted by atomic mass is 10.2. The van der Waals surface area contributed by atoms with E-state index in [1.54, 1.807) is 35.0 Å². The summed E-state index contributed by atoms with van der Waals surface area (Å²) >= 11 is 0. The molecule has 8 nitrogen and oxygen atoms in total. The van der Waals surface area contributed by atoms with Gasteiger partial charge < -0.3 is 19.9 Å². The van der Waals surface area contributed by atoms with Gasteiger partial charge in [0.05, 0.1) is 17.9 Å². The molecular formula is C19H23N5O3. The summed E-state index contributed by atoms with van der Waals surface area (Å²) < 4.78 is 5.46. The van der Waals surface area contributed by atoms with Crippen LogP contribution in [0.4, 0.5) is 16.2 Å². The fraction of sp³-hybridized carbons (Fsp3) is 0.421. The van der Waals surface area contributed by atoms with Crippen molar-refractivity contribution in [1.29, 1.82) is 0 Å². The Balaban J connectivity index is 1.46. The molecule has 0 fully saturated rings. The van der Waals surface area contributed by atoms with Crippen molar-refractivity contribution < 1.29 is 14.3 Å². The molecule has 8 heteroatoms. The molecule has 142 valence electrons. The number of likely N-dealkylation sites (N-methyl/N-ethyl adjacent to an activating group) is 1. The van der Waals surface area contributed by atoms with Gasteiger partial charge in [-0.15, -0.1) is 0 Å². The fourth-order valence-electron chi connectivity index (χ4n) is 3.66. The smallest absolute Gasteiger partial charge is 0.321 e. The average Bonchev–Trinajstić information content (AvgIpc) is 3.26. The van der Waals surface area contributed by atoms with Crippen LogP contribution in [0.2, 0.25) is 0 Å². The van der Waals surface area contributed by atoms with Crippen LogP contribution in [0.3, 0.4) is 0 Å². The molecule has 27 heavy (non-hydrogen) atoms. The number of aromatic nitrogens is 2. The molecular weight excluding hydrogens is 346 g/mol. The van der Waals surface area contributed by atoms with Gasteiger partial charge in [0, 0.05) is 25.0 Å². The number of carbonyl (C=O) groups is 2. The SMILES string of the molecule is CCN1C(=O)COc2ccc(NC(=O)N(C)Cc3n[nH]c4c3CCC4)cc21. The maximum atomic E-state index is 12.6. The molecule has 1 aromatic heterocycles. The van der Waals surface area contributed by atoms with Gasteiger partial charge >= 0.3 is 6.03 Å². The molecule has 0 radical (unpaired) electrons. The van der Waals surface area contributed by atoms with Crippen LogP contribution in [0.15, 0.2) is 18.2 Å². The maximum Gasteiger partial charge on any atom is 0.321 e. The molecule has 0 unspecified atom stereocenters. The second kappa shape index (κ2) is 6.94. The largest absolute Gasteiger partial charge is 0.482 e. The lowest BCUT2D eigenvalue weighted by molar-refractivity contribution is -0.121. The average molecular weight is 369 g/mol. The second-order valence-corrected chi connectivity index (χ2v) is 6.88. The number of aromatic amines is 1. The Morgan fingerprint density at radius 2 is 2.26 bits per heavy atom. The van der Waals surface area contributed by atoms with Gasteiger partial charge in [-0.25, -0.2) is 4.79 Å². The monoisotopic (exact) mass is 369 g/mol. The highest BCUT2D eigenvalue weighted by Crippen LogP contribution is 2.34. The van der Waals surface area contributed by atoms with Gasteiger partial charge in [0.15, 0.2) is 6.61 Å². The molecule has 1 aliphatic heterocycles. The molecule has 0 spiro atoms. The number of hydrogen-bond acceptors (Lipinski definition) is 4. The van der Waals surface area contributed by atoms with Gasteiger partial charge in [0.1, 0.15) is 5.75 Å². The van der Waals surface area contributed by atoms with E-state index in [4.69, 9.17) is 4.74 Å². The number of nitrogens with one attached hydrogen (secondary N) is 2. The molecule has 2 aromatic rings. The van der Waals surface area contributed by atoms with Crippen LogP contribution in [0.1, 0.15) is 30.3 Å². The zero-order valence-electron chi connectivity index (χ0n) is 15.5. The van der Waals surface area contributed by atoms with E-state index in [1.807, 2.05) is 6.92 Å². The van der Waals surface area contributed by atoms with Gasteiger partial charge in [-0.05, 0) is 49.9 Å². The molecule has 3 amide bonds. The van der Waals surface area contributed by atoms with Crippen molar-refractivity contribution in [2.24, 2.45) is 0 Å². The molecule has 0 saturated carbocycles. The van der Waals surface area contributed by atoms with Crippen molar-refractivity contribution in [3.8, 4) is 5.75 Å². The van der Waals surface area contributed by atoms with Crippen molar-refractivity contribution in [2.75, 3.05) is 30.4 Å². The first-order valence-corrected chi connectivity index (χ1v) is 9.21. The number of hydrogen-bond donors (Lipinski definition) is 2. The lowest BCUT2D eigenvalue weighted by Crippen LogP contribution is -2.38. The van der Waals surface area contributed by atoms with E-state index in [0.717, 1.165) is 25.0 Å². The summed E-state index contributed by atoms with van der Waals surface area (Å²) in [7, 11) is 1.74. The number of urea groups is 1. The Hall–Kier alpha value is -3.03. The summed E-state index contributed by atoms with van der Waals surface area (Å²) in [6.07, 6.45) is 3.18. The molecule has 1 aliphatic carbocycles. The number of amides is 3. The number of ether oxygens (including phenoxy) is 1. The highest BCUT2D eigenvalue weighted by molar-refractivity contribution is 5.99. The van der Waals surface area contributed by atoms with Crippen molar-refractivity contribution in [1.82, 2.24) is 15.1 Å². The summed E-state index contributed by atoms with van der Waals surface area (Å²) in [5.74, 6) is 0.563. The standard InChI is InChI=1S/C19H23N5O3/c1-3-24-16-9-12(7-8-17(16)27-11-18(24)25)20-19(26)23(2)10-15-13-5-4-6-14(13)21-22-15/h7-9H,3-6,10-11H2,1-2H3,(H,20,26)(H,21,22). The first-order valence-electron chi connectivity index (χ1n) is 9.21. The van der Waals surface area contributed by atoms with Crippen LogP contribution in [-0.2, 0) is 24.2 Å². The molecule has 2 N–H and O–H groups in total. The Kier molecular flexibility index (Phi) is 4.47. The van der Waals surface area contributed by atoms with Gasteiger partial charge in [0.2, 0.25) is 0 Å². The summed E-state index contributed by atoms with van der Waals surface area (Å²) in [6, 6.07) is 5.10. The maximum absolute atomic E-state index is 12.6. The number of aryl methyl sites for hydroxylation is 1. The third-order valence-corrected chi connectivity index (χ3v) is 5.10. The molecule has 1 aromatic carbocycles. The zero-order chi connectivity index (χ0) is 19.0. The summed E-state index contributed by atoms with van der Waals surface area (Å²) in [6.45, 7) is 2.96. The van der Waals surface area contributed by atoms with E-state index in [0.29, 0.717) is 30.2 Å². The zero-order valence-corrected chi connectivity index (χ0v) is 15.5. The van der Waals surface area contributed by atoms with Crippen LogP contribution in [0.25, 0.3) is 0 Å². The van der Waals surface area contributed by atoms with Gasteiger partial charge in [-0.1, -0.05) is 0 Å².